The second kappa shape index (κ2) is 6.88. The lowest BCUT2D eigenvalue weighted by Gasteiger charge is -2.26. The van der Waals surface area contributed by atoms with Crippen LogP contribution in [0.5, 0.6) is 0 Å². The molecule has 0 aliphatic heterocycles. The Bertz CT molecular complexity index is 841. The van der Waals surface area contributed by atoms with E-state index >= 15 is 0 Å². The first-order valence-electron chi connectivity index (χ1n) is 8.55. The highest BCUT2D eigenvalue weighted by Gasteiger charge is 2.32. The maximum Gasteiger partial charge on any atom is 0.317 e. The zero-order valence-corrected chi connectivity index (χ0v) is 15.3. The van der Waals surface area contributed by atoms with E-state index in [-0.39, 0.29) is 0 Å². The molecule has 1 aliphatic rings. The van der Waals surface area contributed by atoms with E-state index in [1.165, 1.54) is 22.5 Å². The van der Waals surface area contributed by atoms with E-state index in [4.69, 9.17) is 11.5 Å². The van der Waals surface area contributed by atoms with Gasteiger partial charge >= 0.3 is 6.03 Å². The third kappa shape index (κ3) is 3.26. The minimum absolute atomic E-state index is 0.358. The number of rotatable bonds is 5. The van der Waals surface area contributed by atoms with Crippen LogP contribution in [-0.4, -0.2) is 11.9 Å². The van der Waals surface area contributed by atoms with Crippen LogP contribution in [0.4, 0.5) is 9.80 Å². The van der Waals surface area contributed by atoms with E-state index < -0.39 is 11.9 Å². The summed E-state index contributed by atoms with van der Waals surface area (Å²) in [6.45, 7) is 4.27. The molecule has 1 unspecified atom stereocenters. The number of nitrogens with one attached hydrogen (secondary N) is 1. The van der Waals surface area contributed by atoms with Crippen LogP contribution in [0.2, 0.25) is 0 Å². The predicted octanol–water partition coefficient (Wildman–Crippen LogP) is 4.14. The van der Waals surface area contributed by atoms with Crippen molar-refractivity contribution in [3.63, 3.8) is 0 Å². The molecule has 0 radical (unpaired) electrons. The SMILES string of the molecule is CCCCC1Cc2c(sc(NC(N)=O)c2C(N)=O)-c2ccc(C)cc21. The summed E-state index contributed by atoms with van der Waals surface area (Å²) in [5.41, 5.74) is 15.9. The average Bonchev–Trinajstić information content (AvgIpc) is 2.89. The van der Waals surface area contributed by atoms with Gasteiger partial charge in [-0.15, -0.1) is 11.3 Å². The maximum atomic E-state index is 12.1. The highest BCUT2D eigenvalue weighted by molar-refractivity contribution is 7.20. The number of nitrogens with two attached hydrogens (primary N) is 2. The van der Waals surface area contributed by atoms with E-state index in [9.17, 15) is 9.59 Å². The van der Waals surface area contributed by atoms with Gasteiger partial charge in [-0.1, -0.05) is 43.5 Å². The minimum atomic E-state index is -0.687. The molecule has 3 rings (SSSR count). The number of hydrogen-bond donors (Lipinski definition) is 3. The van der Waals surface area contributed by atoms with Crippen LogP contribution >= 0.6 is 11.3 Å². The molecule has 2 aromatic rings. The van der Waals surface area contributed by atoms with Gasteiger partial charge in [-0.2, -0.15) is 0 Å². The molecule has 0 spiro atoms. The molecule has 0 bridgehead atoms. The van der Waals surface area contributed by atoms with Crippen molar-refractivity contribution >= 4 is 28.3 Å². The Labute approximate surface area is 151 Å². The van der Waals surface area contributed by atoms with Crippen molar-refractivity contribution in [2.24, 2.45) is 11.5 Å². The van der Waals surface area contributed by atoms with Crippen molar-refractivity contribution in [3.05, 3.63) is 40.5 Å². The lowest BCUT2D eigenvalue weighted by atomic mass is 9.78. The number of unbranched alkanes of at least 4 members (excludes halogenated alkanes) is 1. The van der Waals surface area contributed by atoms with Gasteiger partial charge in [0.2, 0.25) is 0 Å². The number of carbonyl (C=O) groups is 2. The van der Waals surface area contributed by atoms with Crippen molar-refractivity contribution in [3.8, 4) is 10.4 Å². The lowest BCUT2D eigenvalue weighted by molar-refractivity contribution is 0.100. The zero-order valence-electron chi connectivity index (χ0n) is 14.5. The van der Waals surface area contributed by atoms with E-state index in [0.717, 1.165) is 41.7 Å². The van der Waals surface area contributed by atoms with Gasteiger partial charge < -0.3 is 11.5 Å². The molecule has 6 heteroatoms. The zero-order chi connectivity index (χ0) is 18.1. The first-order chi connectivity index (χ1) is 11.9. The molecule has 1 aliphatic carbocycles. The van der Waals surface area contributed by atoms with Crippen molar-refractivity contribution < 1.29 is 9.59 Å². The third-order valence-electron chi connectivity index (χ3n) is 4.74. The molecule has 1 heterocycles. The van der Waals surface area contributed by atoms with Gasteiger partial charge in [-0.3, -0.25) is 10.1 Å². The molecule has 0 saturated carbocycles. The Balaban J connectivity index is 2.17. The summed E-state index contributed by atoms with van der Waals surface area (Å²) in [4.78, 5) is 24.4. The molecule has 1 aromatic heterocycles. The number of urea groups is 1. The summed E-state index contributed by atoms with van der Waals surface area (Å²) in [7, 11) is 0. The Hall–Kier alpha value is -2.34. The molecule has 132 valence electrons. The fourth-order valence-electron chi connectivity index (χ4n) is 3.63. The third-order valence-corrected chi connectivity index (χ3v) is 5.92. The number of fused-ring (bicyclic) bond motifs is 3. The molecule has 5 nitrogen and oxygen atoms in total. The van der Waals surface area contributed by atoms with Crippen LogP contribution in [0.3, 0.4) is 0 Å². The van der Waals surface area contributed by atoms with Crippen molar-refractivity contribution in [1.82, 2.24) is 0 Å². The smallest absolute Gasteiger partial charge is 0.317 e. The number of primary amides is 2. The van der Waals surface area contributed by atoms with Crippen LogP contribution in [0, 0.1) is 6.92 Å². The van der Waals surface area contributed by atoms with E-state index in [1.807, 2.05) is 0 Å². The van der Waals surface area contributed by atoms with Crippen LogP contribution < -0.4 is 16.8 Å². The van der Waals surface area contributed by atoms with Crippen LogP contribution in [0.25, 0.3) is 10.4 Å². The minimum Gasteiger partial charge on any atom is -0.365 e. The Morgan fingerprint density at radius 2 is 2.08 bits per heavy atom. The summed E-state index contributed by atoms with van der Waals surface area (Å²) in [5.74, 6) is -0.164. The molecule has 0 saturated heterocycles. The van der Waals surface area contributed by atoms with Crippen LogP contribution in [0.1, 0.15) is 59.2 Å². The largest absolute Gasteiger partial charge is 0.365 e. The molecular formula is C19H23N3O2S. The number of anilines is 1. The highest BCUT2D eigenvalue weighted by Crippen LogP contribution is 2.49. The molecule has 1 aromatic carbocycles. The van der Waals surface area contributed by atoms with Gasteiger partial charge in [-0.05, 0) is 42.4 Å². The second-order valence-corrected chi connectivity index (χ2v) is 7.62. The molecule has 1 atom stereocenters. The number of carbonyl (C=O) groups excluding carboxylic acids is 2. The number of benzene rings is 1. The summed E-state index contributed by atoms with van der Waals surface area (Å²) in [5, 5.41) is 3.02. The van der Waals surface area contributed by atoms with E-state index in [1.54, 1.807) is 0 Å². The topological polar surface area (TPSA) is 98.2 Å². The number of amides is 3. The molecular weight excluding hydrogens is 334 g/mol. The highest BCUT2D eigenvalue weighted by atomic mass is 32.1. The molecule has 3 amide bonds. The lowest BCUT2D eigenvalue weighted by Crippen LogP contribution is -2.22. The summed E-state index contributed by atoms with van der Waals surface area (Å²) in [6.07, 6.45) is 4.10. The quantitative estimate of drug-likeness (QED) is 0.749. The van der Waals surface area contributed by atoms with Crippen molar-refractivity contribution in [1.29, 1.82) is 0 Å². The summed E-state index contributed by atoms with van der Waals surface area (Å²) < 4.78 is 0. The van der Waals surface area contributed by atoms with Crippen LogP contribution in [0.15, 0.2) is 18.2 Å². The fourth-order valence-corrected chi connectivity index (χ4v) is 4.92. The van der Waals surface area contributed by atoms with Gasteiger partial charge in [0.15, 0.2) is 0 Å². The van der Waals surface area contributed by atoms with E-state index in [0.29, 0.717) is 16.5 Å². The summed E-state index contributed by atoms with van der Waals surface area (Å²) in [6, 6.07) is 5.74. The van der Waals surface area contributed by atoms with Crippen molar-refractivity contribution in [2.45, 2.75) is 45.4 Å². The number of thiophene rings is 1. The number of aryl methyl sites for hydroxylation is 1. The fraction of sp³-hybridized carbons (Fsp3) is 0.368. The summed E-state index contributed by atoms with van der Waals surface area (Å²) >= 11 is 1.38. The standard InChI is InChI=1S/C19H23N3O2S/c1-3-4-5-11-9-14-15(17(20)23)18(22-19(21)24)25-16(14)12-7-6-10(2)8-13(11)12/h6-8,11H,3-5,9H2,1-2H3,(H2,20,23)(H3,21,22,24). The monoisotopic (exact) mass is 357 g/mol. The molecule has 25 heavy (non-hydrogen) atoms. The van der Waals surface area contributed by atoms with Gasteiger partial charge in [0, 0.05) is 4.88 Å². The first kappa shape index (κ1) is 17.5. The second-order valence-electron chi connectivity index (χ2n) is 6.60. The molecule has 5 N–H and O–H groups in total. The normalized spacial score (nSPS) is 15.4. The first-order valence-corrected chi connectivity index (χ1v) is 9.36. The van der Waals surface area contributed by atoms with Crippen LogP contribution in [-0.2, 0) is 6.42 Å². The Morgan fingerprint density at radius 1 is 1.32 bits per heavy atom. The Kier molecular flexibility index (Phi) is 4.81. The maximum absolute atomic E-state index is 12.1. The number of hydrogen-bond acceptors (Lipinski definition) is 3. The van der Waals surface area contributed by atoms with Gasteiger partial charge in [0.05, 0.1) is 5.56 Å². The van der Waals surface area contributed by atoms with Gasteiger partial charge in [0.25, 0.3) is 5.91 Å². The molecule has 0 fully saturated rings. The predicted molar refractivity (Wildman–Crippen MR) is 102 cm³/mol. The van der Waals surface area contributed by atoms with E-state index in [2.05, 4.69) is 37.4 Å². The Morgan fingerprint density at radius 3 is 2.72 bits per heavy atom. The van der Waals surface area contributed by atoms with Gasteiger partial charge in [0.1, 0.15) is 5.00 Å². The average molecular weight is 357 g/mol. The van der Waals surface area contributed by atoms with Gasteiger partial charge in [-0.25, -0.2) is 4.79 Å². The van der Waals surface area contributed by atoms with Crippen molar-refractivity contribution in [2.75, 3.05) is 5.32 Å².